The van der Waals surface area contributed by atoms with E-state index in [0.717, 1.165) is 55.8 Å². The van der Waals surface area contributed by atoms with Gasteiger partial charge < -0.3 is 10.6 Å². The number of likely N-dealkylation sites (tertiary alicyclic amines) is 1. The van der Waals surface area contributed by atoms with Crippen LogP contribution in [0.25, 0.3) is 0 Å². The Morgan fingerprint density at radius 1 is 1.20 bits per heavy atom. The van der Waals surface area contributed by atoms with Gasteiger partial charge in [-0.05, 0) is 59.0 Å². The summed E-state index contributed by atoms with van der Waals surface area (Å²) in [5, 5.41) is 11.5. The zero-order chi connectivity index (χ0) is 20.6. The number of halogens is 1. The second-order valence-electron chi connectivity index (χ2n) is 7.62. The first-order valence-electron chi connectivity index (χ1n) is 10.7. The fraction of sp³-hybridized carbons (Fsp3) is 0.667. The molecule has 0 spiro atoms. The molecule has 3 heterocycles. The molecule has 0 aliphatic carbocycles. The van der Waals surface area contributed by atoms with Crippen molar-refractivity contribution in [3.8, 4) is 0 Å². The molecule has 168 valence electrons. The van der Waals surface area contributed by atoms with E-state index in [4.69, 9.17) is 9.98 Å². The molecule has 2 aromatic heterocycles. The Morgan fingerprint density at radius 3 is 2.57 bits per heavy atom. The van der Waals surface area contributed by atoms with Crippen molar-refractivity contribution in [3.05, 3.63) is 31.7 Å². The summed E-state index contributed by atoms with van der Waals surface area (Å²) in [7, 11) is 0. The van der Waals surface area contributed by atoms with Crippen molar-refractivity contribution < 1.29 is 0 Å². The number of piperidine rings is 1. The molecule has 2 aromatic rings. The van der Waals surface area contributed by atoms with Crippen molar-refractivity contribution in [1.82, 2.24) is 25.5 Å². The van der Waals surface area contributed by atoms with E-state index >= 15 is 0 Å². The highest BCUT2D eigenvalue weighted by Crippen LogP contribution is 2.20. The molecular weight excluding hydrogens is 527 g/mol. The third-order valence-electron chi connectivity index (χ3n) is 5.28. The van der Waals surface area contributed by atoms with Gasteiger partial charge in [0.25, 0.3) is 0 Å². The number of aliphatic imine (C=N–C) groups is 1. The highest BCUT2D eigenvalue weighted by molar-refractivity contribution is 14.0. The van der Waals surface area contributed by atoms with Crippen LogP contribution >= 0.6 is 46.7 Å². The number of hydrogen-bond acceptors (Lipinski definition) is 6. The van der Waals surface area contributed by atoms with Gasteiger partial charge in [0.2, 0.25) is 0 Å². The molecule has 0 aromatic carbocycles. The molecule has 1 aliphatic rings. The number of rotatable bonds is 8. The normalized spacial score (nSPS) is 15.8. The minimum atomic E-state index is 0. The number of nitrogens with one attached hydrogen (secondary N) is 2. The predicted molar refractivity (Wildman–Crippen MR) is 139 cm³/mol. The maximum absolute atomic E-state index is 4.77. The molecule has 1 fully saturated rings. The molecule has 0 amide bonds. The van der Waals surface area contributed by atoms with Crippen LogP contribution in [0.4, 0.5) is 0 Å². The van der Waals surface area contributed by atoms with Gasteiger partial charge in [-0.3, -0.25) is 4.90 Å². The number of hydrogen-bond donors (Lipinski definition) is 2. The van der Waals surface area contributed by atoms with E-state index in [9.17, 15) is 0 Å². The molecule has 0 saturated carbocycles. The molecule has 0 unspecified atom stereocenters. The van der Waals surface area contributed by atoms with E-state index in [1.54, 1.807) is 22.7 Å². The van der Waals surface area contributed by atoms with Crippen molar-refractivity contribution in [1.29, 1.82) is 0 Å². The first-order valence-corrected chi connectivity index (χ1v) is 12.4. The van der Waals surface area contributed by atoms with Crippen molar-refractivity contribution in [2.24, 2.45) is 10.9 Å². The summed E-state index contributed by atoms with van der Waals surface area (Å²) in [6.45, 7) is 14.2. The molecule has 6 nitrogen and oxygen atoms in total. The monoisotopic (exact) mass is 562 g/mol. The number of aromatic nitrogens is 2. The molecule has 3 rings (SSSR count). The van der Waals surface area contributed by atoms with Crippen molar-refractivity contribution >= 4 is 52.6 Å². The van der Waals surface area contributed by atoms with Crippen LogP contribution < -0.4 is 10.6 Å². The maximum Gasteiger partial charge on any atom is 0.191 e. The van der Waals surface area contributed by atoms with Gasteiger partial charge in [-0.15, -0.1) is 46.7 Å². The first-order chi connectivity index (χ1) is 14.1. The third-order valence-corrected chi connectivity index (χ3v) is 7.38. The van der Waals surface area contributed by atoms with Gasteiger partial charge in [-0.25, -0.2) is 15.0 Å². The molecule has 0 radical (unpaired) electrons. The summed E-state index contributed by atoms with van der Waals surface area (Å²) in [6, 6.07) is 0. The van der Waals surface area contributed by atoms with E-state index < -0.39 is 0 Å². The Balaban J connectivity index is 0.00000320. The predicted octanol–water partition coefficient (Wildman–Crippen LogP) is 4.36. The summed E-state index contributed by atoms with van der Waals surface area (Å²) < 4.78 is 0. The molecule has 0 atom stereocenters. The Morgan fingerprint density at radius 2 is 1.97 bits per heavy atom. The highest BCUT2D eigenvalue weighted by atomic mass is 127. The van der Waals surface area contributed by atoms with Crippen LogP contribution in [0.3, 0.4) is 0 Å². The topological polar surface area (TPSA) is 65.4 Å². The maximum atomic E-state index is 4.77. The largest absolute Gasteiger partial charge is 0.357 e. The van der Waals surface area contributed by atoms with Crippen molar-refractivity contribution in [2.45, 2.75) is 60.0 Å². The number of thiazole rings is 2. The average molecular weight is 563 g/mol. The van der Waals surface area contributed by atoms with Gasteiger partial charge in [0.15, 0.2) is 5.96 Å². The summed E-state index contributed by atoms with van der Waals surface area (Å²) in [5.41, 5.74) is 2.34. The molecule has 2 N–H and O–H groups in total. The Kier molecular flexibility index (Phi) is 11.0. The van der Waals surface area contributed by atoms with Crippen LogP contribution in [0.1, 0.15) is 53.0 Å². The smallest absolute Gasteiger partial charge is 0.191 e. The Hall–Kier alpha value is -0.780. The summed E-state index contributed by atoms with van der Waals surface area (Å²) in [5.74, 6) is 1.61. The zero-order valence-electron chi connectivity index (χ0n) is 18.5. The van der Waals surface area contributed by atoms with E-state index in [1.807, 2.05) is 0 Å². The summed E-state index contributed by atoms with van der Waals surface area (Å²) in [4.78, 5) is 17.8. The van der Waals surface area contributed by atoms with Crippen LogP contribution in [-0.4, -0.2) is 47.0 Å². The molecule has 1 saturated heterocycles. The molecule has 9 heteroatoms. The SMILES string of the molecule is CCNC(=NCc1sc(C)nc1C)NCC1CCN(Cc2csc(CC)n2)CC1.I. The quantitative estimate of drug-likeness (QED) is 0.284. The van der Waals surface area contributed by atoms with Gasteiger partial charge >= 0.3 is 0 Å². The van der Waals surface area contributed by atoms with E-state index in [-0.39, 0.29) is 24.0 Å². The van der Waals surface area contributed by atoms with Gasteiger partial charge in [0.1, 0.15) is 0 Å². The number of aryl methyl sites for hydroxylation is 3. The fourth-order valence-electron chi connectivity index (χ4n) is 3.62. The summed E-state index contributed by atoms with van der Waals surface area (Å²) >= 11 is 3.53. The average Bonchev–Trinajstić information content (AvgIpc) is 3.30. The number of nitrogens with zero attached hydrogens (tertiary/aromatic N) is 4. The van der Waals surface area contributed by atoms with Crippen LogP contribution in [0.5, 0.6) is 0 Å². The van der Waals surface area contributed by atoms with E-state index in [1.165, 1.54) is 28.4 Å². The molecule has 30 heavy (non-hydrogen) atoms. The molecule has 0 bridgehead atoms. The second-order valence-corrected chi connectivity index (χ2v) is 9.85. The van der Waals surface area contributed by atoms with Crippen LogP contribution in [0.2, 0.25) is 0 Å². The lowest BCUT2D eigenvalue weighted by atomic mass is 9.97. The first kappa shape index (κ1) is 25.5. The van der Waals surface area contributed by atoms with Crippen LogP contribution in [0.15, 0.2) is 10.4 Å². The van der Waals surface area contributed by atoms with Crippen LogP contribution in [-0.2, 0) is 19.5 Å². The molecule has 1 aliphatic heterocycles. The van der Waals surface area contributed by atoms with E-state index in [2.05, 4.69) is 53.6 Å². The Labute approximate surface area is 206 Å². The van der Waals surface area contributed by atoms with E-state index in [0.29, 0.717) is 12.5 Å². The minimum Gasteiger partial charge on any atom is -0.357 e. The van der Waals surface area contributed by atoms with Crippen molar-refractivity contribution in [3.63, 3.8) is 0 Å². The van der Waals surface area contributed by atoms with Gasteiger partial charge in [-0.1, -0.05) is 6.92 Å². The summed E-state index contributed by atoms with van der Waals surface area (Å²) in [6.07, 6.45) is 3.49. The van der Waals surface area contributed by atoms with Gasteiger partial charge in [0.05, 0.1) is 27.9 Å². The highest BCUT2D eigenvalue weighted by Gasteiger charge is 2.20. The van der Waals surface area contributed by atoms with Crippen LogP contribution in [0, 0.1) is 19.8 Å². The minimum absolute atomic E-state index is 0. The van der Waals surface area contributed by atoms with Gasteiger partial charge in [0, 0.05) is 29.9 Å². The fourth-order valence-corrected chi connectivity index (χ4v) is 5.21. The standard InChI is InChI=1S/C21H34N6S2.HI/c1-5-20-26-18(14-28-20)13-27-9-7-17(8-10-27)11-23-21(22-6-2)24-12-19-15(3)25-16(4)29-19;/h14,17H,5-13H2,1-4H3,(H2,22,23,24);1H. The number of guanidine groups is 1. The molecular formula is C21H35IN6S2. The Bertz CT molecular complexity index is 795. The lowest BCUT2D eigenvalue weighted by Gasteiger charge is -2.31. The van der Waals surface area contributed by atoms with Crippen molar-refractivity contribution in [2.75, 3.05) is 26.2 Å². The lowest BCUT2D eigenvalue weighted by molar-refractivity contribution is 0.176. The second kappa shape index (κ2) is 12.9. The zero-order valence-corrected chi connectivity index (χ0v) is 22.5. The van der Waals surface area contributed by atoms with Gasteiger partial charge in [-0.2, -0.15) is 0 Å². The lowest BCUT2D eigenvalue weighted by Crippen LogP contribution is -2.42. The third kappa shape index (κ3) is 7.72.